The van der Waals surface area contributed by atoms with Crippen molar-refractivity contribution >= 4 is 17.7 Å². The van der Waals surface area contributed by atoms with Crippen molar-refractivity contribution in [2.45, 2.75) is 71.0 Å². The van der Waals surface area contributed by atoms with Gasteiger partial charge >= 0.3 is 0 Å². The summed E-state index contributed by atoms with van der Waals surface area (Å²) in [6.45, 7) is 14.1. The Morgan fingerprint density at radius 2 is 1.68 bits per heavy atom. The Bertz CT molecular complexity index is 732. The van der Waals surface area contributed by atoms with Gasteiger partial charge in [0.1, 0.15) is 0 Å². The van der Waals surface area contributed by atoms with Crippen molar-refractivity contribution in [2.24, 2.45) is 0 Å². The molecule has 6 heteroatoms. The number of nitrogens with zero attached hydrogens (tertiary/aromatic N) is 3. The molecule has 0 aliphatic rings. The first kappa shape index (κ1) is 19.5. The van der Waals surface area contributed by atoms with Crippen LogP contribution in [-0.2, 0) is 4.79 Å². The second-order valence-electron chi connectivity index (χ2n) is 6.87. The van der Waals surface area contributed by atoms with Crippen molar-refractivity contribution in [2.75, 3.05) is 0 Å². The zero-order chi connectivity index (χ0) is 18.7. The normalized spacial score (nSPS) is 12.7. The monoisotopic (exact) mass is 361 g/mol. The van der Waals surface area contributed by atoms with E-state index in [2.05, 4.69) is 24.0 Å². The molecule has 2 rings (SSSR count). The van der Waals surface area contributed by atoms with E-state index in [-0.39, 0.29) is 23.2 Å². The third-order valence-electron chi connectivity index (χ3n) is 4.15. The Labute approximate surface area is 154 Å². The van der Waals surface area contributed by atoms with Crippen LogP contribution in [0.3, 0.4) is 0 Å². The summed E-state index contributed by atoms with van der Waals surface area (Å²) in [6, 6.07) is 6.36. The highest BCUT2D eigenvalue weighted by Gasteiger charge is 2.27. The Balaban J connectivity index is 2.12. The summed E-state index contributed by atoms with van der Waals surface area (Å²) in [5, 5.41) is 8.35. The summed E-state index contributed by atoms with van der Waals surface area (Å²) >= 11 is 1.31. The minimum atomic E-state index is -0.280. The van der Waals surface area contributed by atoms with Gasteiger partial charge in [0.2, 0.25) is 11.8 Å². The molecule has 25 heavy (non-hydrogen) atoms. The number of hydrogen-bond donors (Lipinski definition) is 0. The third kappa shape index (κ3) is 4.63. The average molecular weight is 362 g/mol. The smallest absolute Gasteiger partial charge is 0.277 e. The van der Waals surface area contributed by atoms with Crippen molar-refractivity contribution in [1.29, 1.82) is 0 Å². The lowest BCUT2D eigenvalue weighted by Gasteiger charge is -2.32. The maximum atomic E-state index is 12.7. The molecule has 0 aliphatic heterocycles. The maximum Gasteiger partial charge on any atom is 0.277 e. The molecule has 0 N–H and O–H groups in total. The number of hydrogen-bond acceptors (Lipinski definition) is 5. The summed E-state index contributed by atoms with van der Waals surface area (Å²) in [4.78, 5) is 14.6. The zero-order valence-electron chi connectivity index (χ0n) is 16.0. The number of carbonyl (C=O) groups excluding carboxylic acids is 1. The quantitative estimate of drug-likeness (QED) is 0.710. The van der Waals surface area contributed by atoms with Crippen LogP contribution in [0, 0.1) is 13.8 Å². The molecule has 136 valence electrons. The van der Waals surface area contributed by atoms with Crippen LogP contribution in [0.2, 0.25) is 0 Å². The van der Waals surface area contributed by atoms with Crippen LogP contribution in [0.4, 0.5) is 0 Å². The molecule has 0 saturated carbocycles. The first-order chi connectivity index (χ1) is 11.7. The largest absolute Gasteiger partial charge is 0.411 e. The number of benzene rings is 1. The Hall–Kier alpha value is -1.82. The summed E-state index contributed by atoms with van der Waals surface area (Å²) in [5.41, 5.74) is 3.30. The van der Waals surface area contributed by atoms with E-state index in [0.29, 0.717) is 11.1 Å². The van der Waals surface area contributed by atoms with E-state index in [1.165, 1.54) is 22.9 Å². The molecular formula is C19H27N3O2S. The highest BCUT2D eigenvalue weighted by Crippen LogP contribution is 2.28. The van der Waals surface area contributed by atoms with Gasteiger partial charge in [0.05, 0.1) is 5.25 Å². The molecule has 1 heterocycles. The lowest BCUT2D eigenvalue weighted by Crippen LogP contribution is -2.45. The highest BCUT2D eigenvalue weighted by molar-refractivity contribution is 8.00. The standard InChI is InChI=1S/C19H27N3O2S/c1-11(2)22(12(3)4)18(23)15(7)25-19-21-20-17(24-19)16-9-8-13(5)14(6)10-16/h8-12,15H,1-7H3. The van der Waals surface area contributed by atoms with E-state index in [0.717, 1.165) is 5.56 Å². The van der Waals surface area contributed by atoms with Gasteiger partial charge in [-0.25, -0.2) is 0 Å². The average Bonchev–Trinajstić information content (AvgIpc) is 2.97. The van der Waals surface area contributed by atoms with Crippen LogP contribution in [0.5, 0.6) is 0 Å². The predicted octanol–water partition coefficient (Wildman–Crippen LogP) is 4.48. The van der Waals surface area contributed by atoms with Crippen LogP contribution in [0.25, 0.3) is 11.5 Å². The summed E-state index contributed by atoms with van der Waals surface area (Å²) in [7, 11) is 0. The molecule has 0 saturated heterocycles. The summed E-state index contributed by atoms with van der Waals surface area (Å²) < 4.78 is 5.76. The van der Waals surface area contributed by atoms with Crippen molar-refractivity contribution in [3.05, 3.63) is 29.3 Å². The lowest BCUT2D eigenvalue weighted by molar-refractivity contribution is -0.133. The number of rotatable bonds is 6. The molecule has 1 atom stereocenters. The molecule has 2 aromatic rings. The van der Waals surface area contributed by atoms with Gasteiger partial charge in [-0.3, -0.25) is 4.79 Å². The topological polar surface area (TPSA) is 59.2 Å². The van der Waals surface area contributed by atoms with Crippen molar-refractivity contribution in [1.82, 2.24) is 15.1 Å². The number of aromatic nitrogens is 2. The van der Waals surface area contributed by atoms with Crippen molar-refractivity contribution in [3.63, 3.8) is 0 Å². The summed E-state index contributed by atoms with van der Waals surface area (Å²) in [5.74, 6) is 0.566. The predicted molar refractivity (Wildman–Crippen MR) is 102 cm³/mol. The molecule has 1 amide bonds. The number of carbonyl (C=O) groups is 1. The Morgan fingerprint density at radius 3 is 2.24 bits per heavy atom. The maximum absolute atomic E-state index is 12.7. The summed E-state index contributed by atoms with van der Waals surface area (Å²) in [6.07, 6.45) is 0. The van der Waals surface area contributed by atoms with Gasteiger partial charge < -0.3 is 9.32 Å². The van der Waals surface area contributed by atoms with E-state index in [4.69, 9.17) is 4.42 Å². The minimum absolute atomic E-state index is 0.0842. The van der Waals surface area contributed by atoms with Gasteiger partial charge in [-0.15, -0.1) is 10.2 Å². The molecular weight excluding hydrogens is 334 g/mol. The first-order valence-electron chi connectivity index (χ1n) is 8.60. The third-order valence-corrected chi connectivity index (χ3v) is 5.07. The van der Waals surface area contributed by atoms with Gasteiger partial charge in [0.15, 0.2) is 0 Å². The second-order valence-corrected chi connectivity index (χ2v) is 8.16. The van der Waals surface area contributed by atoms with Crippen LogP contribution < -0.4 is 0 Å². The molecule has 0 fully saturated rings. The van der Waals surface area contributed by atoms with E-state index < -0.39 is 0 Å². The van der Waals surface area contributed by atoms with Crippen LogP contribution in [0.15, 0.2) is 27.8 Å². The molecule has 0 aliphatic carbocycles. The SMILES string of the molecule is Cc1ccc(-c2nnc(SC(C)C(=O)N(C(C)C)C(C)C)o2)cc1C. The van der Waals surface area contributed by atoms with E-state index in [9.17, 15) is 4.79 Å². The number of amides is 1. The van der Waals surface area contributed by atoms with E-state index in [1.54, 1.807) is 0 Å². The highest BCUT2D eigenvalue weighted by atomic mass is 32.2. The second kappa shape index (κ2) is 8.04. The molecule has 5 nitrogen and oxygen atoms in total. The van der Waals surface area contributed by atoms with E-state index in [1.807, 2.05) is 57.7 Å². The number of thioether (sulfide) groups is 1. The van der Waals surface area contributed by atoms with Gasteiger partial charge in [0, 0.05) is 17.6 Å². The fourth-order valence-corrected chi connectivity index (χ4v) is 3.51. The van der Waals surface area contributed by atoms with Crippen LogP contribution in [0.1, 0.15) is 45.7 Å². The molecule has 1 aromatic carbocycles. The van der Waals surface area contributed by atoms with Crippen molar-refractivity contribution < 1.29 is 9.21 Å². The number of aryl methyl sites for hydroxylation is 2. The molecule has 1 aromatic heterocycles. The molecule has 0 bridgehead atoms. The Morgan fingerprint density at radius 1 is 1.04 bits per heavy atom. The van der Waals surface area contributed by atoms with Crippen LogP contribution >= 0.6 is 11.8 Å². The lowest BCUT2D eigenvalue weighted by atomic mass is 10.1. The fraction of sp³-hybridized carbons (Fsp3) is 0.526. The zero-order valence-corrected chi connectivity index (χ0v) is 16.8. The van der Waals surface area contributed by atoms with Gasteiger partial charge in [-0.05, 0) is 71.7 Å². The van der Waals surface area contributed by atoms with Gasteiger partial charge in [-0.1, -0.05) is 17.8 Å². The van der Waals surface area contributed by atoms with Crippen molar-refractivity contribution in [3.8, 4) is 11.5 Å². The molecule has 0 radical (unpaired) electrons. The van der Waals surface area contributed by atoms with Crippen LogP contribution in [-0.4, -0.2) is 38.3 Å². The fourth-order valence-electron chi connectivity index (χ4n) is 2.77. The first-order valence-corrected chi connectivity index (χ1v) is 9.48. The Kier molecular flexibility index (Phi) is 6.27. The van der Waals surface area contributed by atoms with E-state index >= 15 is 0 Å². The molecule has 0 spiro atoms. The van der Waals surface area contributed by atoms with Gasteiger partial charge in [-0.2, -0.15) is 0 Å². The molecule has 1 unspecified atom stereocenters. The van der Waals surface area contributed by atoms with Gasteiger partial charge in [0.25, 0.3) is 5.22 Å². The minimum Gasteiger partial charge on any atom is -0.411 e.